The number of hydrogen-bond acceptors (Lipinski definition) is 6. The lowest BCUT2D eigenvalue weighted by atomic mass is 9.97. The van der Waals surface area contributed by atoms with Crippen molar-refractivity contribution in [2.75, 3.05) is 12.5 Å². The van der Waals surface area contributed by atoms with Crippen molar-refractivity contribution in [2.24, 2.45) is 9.50 Å². The number of amidine groups is 1. The second-order valence-corrected chi connectivity index (χ2v) is 10.9. The number of nitrogens with zero attached hydrogens (tertiary/aromatic N) is 1. The van der Waals surface area contributed by atoms with E-state index in [2.05, 4.69) is 3.77 Å². The van der Waals surface area contributed by atoms with Gasteiger partial charge in [0.15, 0.2) is 0 Å². The third-order valence-electron chi connectivity index (χ3n) is 2.83. The summed E-state index contributed by atoms with van der Waals surface area (Å²) in [5.74, 6) is -0.185. The molecule has 0 aliphatic heterocycles. The normalized spacial score (nSPS) is 14.1. The van der Waals surface area contributed by atoms with Gasteiger partial charge < -0.3 is 5.73 Å². The molecular weight excluding hydrogens is 385 g/mol. The van der Waals surface area contributed by atoms with E-state index in [1.165, 1.54) is 41.3 Å². The van der Waals surface area contributed by atoms with Gasteiger partial charge in [-0.1, -0.05) is 23.7 Å². The zero-order valence-electron chi connectivity index (χ0n) is 12.8. The van der Waals surface area contributed by atoms with E-state index in [0.717, 1.165) is 6.26 Å². The van der Waals surface area contributed by atoms with E-state index in [4.69, 9.17) is 19.0 Å². The fourth-order valence-electron chi connectivity index (χ4n) is 1.91. The van der Waals surface area contributed by atoms with Crippen LogP contribution in [0.25, 0.3) is 0 Å². The Balaban J connectivity index is 2.91. The molecule has 0 fully saturated rings. The van der Waals surface area contributed by atoms with Crippen LogP contribution in [-0.2, 0) is 19.8 Å². The summed E-state index contributed by atoms with van der Waals surface area (Å²) in [6.45, 7) is 0. The first kappa shape index (κ1) is 19.0. The first-order valence-corrected chi connectivity index (χ1v) is 11.8. The molecule has 6 nitrogen and oxygen atoms in total. The first-order valence-electron chi connectivity index (χ1n) is 6.43. The van der Waals surface area contributed by atoms with Crippen molar-refractivity contribution in [2.45, 2.75) is 14.0 Å². The highest BCUT2D eigenvalue weighted by molar-refractivity contribution is 8.04. The lowest BCUT2D eigenvalue weighted by Gasteiger charge is -2.11. The maximum absolute atomic E-state index is 13.7. The van der Waals surface area contributed by atoms with Gasteiger partial charge in [-0.25, -0.2) is 12.6 Å². The number of nitrogen functional groups attached to an aromatic ring is 1. The second kappa shape index (κ2) is 6.91. The molecule has 1 atom stereocenters. The van der Waals surface area contributed by atoms with Gasteiger partial charge in [0, 0.05) is 0 Å². The molecule has 0 aliphatic carbocycles. The maximum Gasteiger partial charge on any atom is 0.258 e. The molecule has 2 rings (SSSR count). The summed E-state index contributed by atoms with van der Waals surface area (Å²) in [5, 5.41) is 7.56. The summed E-state index contributed by atoms with van der Waals surface area (Å²) in [5.41, 5.74) is 5.85. The number of benzene rings is 1. The van der Waals surface area contributed by atoms with Crippen LogP contribution in [-0.4, -0.2) is 38.8 Å². The van der Waals surface area contributed by atoms with Gasteiger partial charge in [0.05, 0.1) is 25.1 Å². The van der Waals surface area contributed by atoms with Crippen molar-refractivity contribution in [3.63, 3.8) is 0 Å². The number of thioether (sulfide) groups is 1. The largest absolute Gasteiger partial charge is 0.383 e. The van der Waals surface area contributed by atoms with Crippen molar-refractivity contribution in [3.8, 4) is 0 Å². The van der Waals surface area contributed by atoms with Gasteiger partial charge in [-0.3, -0.25) is 5.41 Å². The lowest BCUT2D eigenvalue weighted by Crippen LogP contribution is -2.11. The smallest absolute Gasteiger partial charge is 0.258 e. The molecule has 1 unspecified atom stereocenters. The Bertz CT molecular complexity index is 1020. The second-order valence-electron chi connectivity index (χ2n) is 4.79. The summed E-state index contributed by atoms with van der Waals surface area (Å²) in [4.78, 5) is 0.812. The summed E-state index contributed by atoms with van der Waals surface area (Å²) in [7, 11) is -1.65. The van der Waals surface area contributed by atoms with Crippen molar-refractivity contribution in [1.29, 1.82) is 5.41 Å². The molecule has 1 aromatic heterocycles. The van der Waals surface area contributed by atoms with Crippen LogP contribution in [0.2, 0.25) is 0 Å². The monoisotopic (exact) mass is 399 g/mol. The Kier molecular flexibility index (Phi) is 5.48. The van der Waals surface area contributed by atoms with E-state index in [-0.39, 0.29) is 15.6 Å². The van der Waals surface area contributed by atoms with Crippen LogP contribution in [0, 0.1) is 5.41 Å². The summed E-state index contributed by atoms with van der Waals surface area (Å²) in [6.07, 6.45) is 2.65. The molecule has 0 aliphatic rings. The van der Waals surface area contributed by atoms with Crippen molar-refractivity contribution < 1.29 is 12.6 Å². The summed E-state index contributed by atoms with van der Waals surface area (Å²) < 4.78 is 41.4. The molecule has 2 aromatic rings. The van der Waals surface area contributed by atoms with Crippen LogP contribution in [0.5, 0.6) is 0 Å². The minimum atomic E-state index is -3.91. The van der Waals surface area contributed by atoms with Gasteiger partial charge in [0.2, 0.25) is 0 Å². The highest BCUT2D eigenvalue weighted by atomic mass is 32.3. The highest BCUT2D eigenvalue weighted by Gasteiger charge is 2.25. The fraction of sp³-hybridized carbons (Fsp3) is 0.154. The molecule has 0 saturated carbocycles. The van der Waals surface area contributed by atoms with Crippen LogP contribution >= 0.6 is 23.1 Å². The predicted molar refractivity (Wildman–Crippen MR) is 101 cm³/mol. The zero-order valence-corrected chi connectivity index (χ0v) is 16.1. The van der Waals surface area contributed by atoms with Crippen LogP contribution in [0.15, 0.2) is 48.1 Å². The molecule has 0 amide bonds. The Morgan fingerprint density at radius 1 is 1.33 bits per heavy atom. The molecule has 1 heterocycles. The standard InChI is InChI=1S/C13H14BN3O3S4/c1-21-13-11(7-10(22-13)12(15)16)24(20,17-23(2,18)19)9-5-3-4-8(14)6-9/h3-7H,1-2H3,(H3,15,16). The topological polar surface area (TPSA) is 113 Å². The quantitative estimate of drug-likeness (QED) is 0.341. The Morgan fingerprint density at radius 3 is 2.50 bits per heavy atom. The van der Waals surface area contributed by atoms with Crippen molar-refractivity contribution in [1.82, 2.24) is 0 Å². The number of sulfonamides is 1. The highest BCUT2D eigenvalue weighted by Crippen LogP contribution is 2.38. The number of thiophene rings is 1. The van der Waals surface area contributed by atoms with E-state index in [1.807, 2.05) is 0 Å². The Morgan fingerprint density at radius 2 is 2.00 bits per heavy atom. The number of rotatable bonds is 5. The lowest BCUT2D eigenvalue weighted by molar-refractivity contribution is 0.603. The van der Waals surface area contributed by atoms with Gasteiger partial charge in [0.1, 0.15) is 23.4 Å². The van der Waals surface area contributed by atoms with Crippen LogP contribution in [0.3, 0.4) is 0 Å². The summed E-state index contributed by atoms with van der Waals surface area (Å²) in [6, 6.07) is 7.60. The molecule has 3 N–H and O–H groups in total. The van der Waals surface area contributed by atoms with E-state index in [0.29, 0.717) is 14.5 Å². The summed E-state index contributed by atoms with van der Waals surface area (Å²) >= 11 is 2.45. The van der Waals surface area contributed by atoms with Crippen molar-refractivity contribution >= 4 is 62.0 Å². The van der Waals surface area contributed by atoms with E-state index in [1.54, 1.807) is 18.4 Å². The SMILES string of the molecule is [B]c1cccc(S(=O)(=NS(C)(=O)=O)c2cc(C(=N)N)sc2SC)c1. The van der Waals surface area contributed by atoms with Gasteiger partial charge in [-0.05, 0) is 18.4 Å². The van der Waals surface area contributed by atoms with E-state index in [9.17, 15) is 12.6 Å². The predicted octanol–water partition coefficient (Wildman–Crippen LogP) is 1.39. The van der Waals surface area contributed by atoms with Crippen molar-refractivity contribution in [3.05, 3.63) is 35.2 Å². The van der Waals surface area contributed by atoms with Crippen LogP contribution in [0.1, 0.15) is 4.88 Å². The van der Waals surface area contributed by atoms with E-state index >= 15 is 0 Å². The molecule has 11 heteroatoms. The number of nitrogens with one attached hydrogen (secondary N) is 1. The molecule has 0 saturated heterocycles. The van der Waals surface area contributed by atoms with Crippen LogP contribution in [0.4, 0.5) is 0 Å². The minimum absolute atomic E-state index is 0.185. The average molecular weight is 399 g/mol. The number of hydrogen-bond donors (Lipinski definition) is 2. The number of nitrogens with two attached hydrogens (primary N) is 1. The molecular formula is C13H14BN3O3S4. The molecule has 1 aromatic carbocycles. The molecule has 2 radical (unpaired) electrons. The van der Waals surface area contributed by atoms with Gasteiger partial charge >= 0.3 is 0 Å². The Labute approximate surface area is 151 Å². The third kappa shape index (κ3) is 4.02. The zero-order chi connectivity index (χ0) is 18.1. The molecule has 0 spiro atoms. The minimum Gasteiger partial charge on any atom is -0.383 e. The van der Waals surface area contributed by atoms with Crippen LogP contribution < -0.4 is 11.2 Å². The average Bonchev–Trinajstić information content (AvgIpc) is 2.90. The van der Waals surface area contributed by atoms with Gasteiger partial charge in [-0.2, -0.15) is 0 Å². The maximum atomic E-state index is 13.7. The van der Waals surface area contributed by atoms with Gasteiger partial charge in [-0.15, -0.1) is 26.9 Å². The van der Waals surface area contributed by atoms with E-state index < -0.39 is 19.8 Å². The molecule has 24 heavy (non-hydrogen) atoms. The Hall–Kier alpha value is -1.30. The first-order chi connectivity index (χ1) is 11.1. The molecule has 126 valence electrons. The fourth-order valence-corrected chi connectivity index (χ4v) is 8.06. The molecule has 0 bridgehead atoms. The third-order valence-corrected chi connectivity index (χ3v) is 9.13. The van der Waals surface area contributed by atoms with Gasteiger partial charge in [0.25, 0.3) is 10.0 Å².